The quantitative estimate of drug-likeness (QED) is 0.624. The molecule has 1 N–H and O–H groups in total. The van der Waals surface area contributed by atoms with Gasteiger partial charge in [-0.05, 0) is 36.6 Å². The van der Waals surface area contributed by atoms with Crippen molar-refractivity contribution in [1.82, 2.24) is 10.3 Å². The Labute approximate surface area is 162 Å². The van der Waals surface area contributed by atoms with Crippen LogP contribution in [0.1, 0.15) is 43.3 Å². The molecular formula is C22H22F2N2O2. The maximum Gasteiger partial charge on any atom is 0.220 e. The fraction of sp³-hybridized carbons (Fsp3) is 0.273. The van der Waals surface area contributed by atoms with Gasteiger partial charge >= 0.3 is 0 Å². The summed E-state index contributed by atoms with van der Waals surface area (Å²) in [6.07, 6.45) is 2.84. The Morgan fingerprint density at radius 1 is 1.18 bits per heavy atom. The number of nitrogens with one attached hydrogen (secondary N) is 1. The van der Waals surface area contributed by atoms with E-state index in [0.717, 1.165) is 24.1 Å². The number of carbonyl (C=O) groups excluding carboxylic acids is 1. The molecule has 0 aliphatic carbocycles. The Morgan fingerprint density at radius 2 is 1.93 bits per heavy atom. The lowest BCUT2D eigenvalue weighted by Gasteiger charge is -2.14. The van der Waals surface area contributed by atoms with Gasteiger partial charge in [-0.1, -0.05) is 31.2 Å². The van der Waals surface area contributed by atoms with E-state index in [9.17, 15) is 13.6 Å². The van der Waals surface area contributed by atoms with Gasteiger partial charge in [0.25, 0.3) is 0 Å². The third-order valence-corrected chi connectivity index (χ3v) is 4.58. The minimum atomic E-state index is -0.719. The van der Waals surface area contributed by atoms with E-state index in [1.54, 1.807) is 0 Å². The molecule has 0 saturated heterocycles. The summed E-state index contributed by atoms with van der Waals surface area (Å²) in [5, 5.41) is 2.95. The first kappa shape index (κ1) is 19.7. The van der Waals surface area contributed by atoms with Crippen LogP contribution in [-0.4, -0.2) is 10.9 Å². The Kier molecular flexibility index (Phi) is 6.19. The zero-order valence-electron chi connectivity index (χ0n) is 15.8. The number of hydrogen-bond acceptors (Lipinski definition) is 3. The van der Waals surface area contributed by atoms with Crippen LogP contribution >= 0.6 is 0 Å². The van der Waals surface area contributed by atoms with Gasteiger partial charge in [-0.25, -0.2) is 13.8 Å². The van der Waals surface area contributed by atoms with Crippen LogP contribution < -0.4 is 5.32 Å². The van der Waals surface area contributed by atoms with Gasteiger partial charge in [0.2, 0.25) is 5.91 Å². The average Bonchev–Trinajstić information content (AvgIpc) is 3.15. The van der Waals surface area contributed by atoms with Crippen molar-refractivity contribution in [2.45, 2.75) is 39.2 Å². The fourth-order valence-corrected chi connectivity index (χ4v) is 2.90. The van der Waals surface area contributed by atoms with Crippen LogP contribution in [0.3, 0.4) is 0 Å². The summed E-state index contributed by atoms with van der Waals surface area (Å²) in [6, 6.07) is 11.3. The predicted octanol–water partition coefficient (Wildman–Crippen LogP) is 4.99. The summed E-state index contributed by atoms with van der Waals surface area (Å²) in [7, 11) is 0. The highest BCUT2D eigenvalue weighted by Crippen LogP contribution is 2.24. The monoisotopic (exact) mass is 384 g/mol. The number of hydrogen-bond donors (Lipinski definition) is 1. The minimum absolute atomic E-state index is 0.105. The molecule has 1 amide bonds. The largest absolute Gasteiger partial charge is 0.441 e. The highest BCUT2D eigenvalue weighted by molar-refractivity contribution is 5.76. The highest BCUT2D eigenvalue weighted by atomic mass is 19.1. The van der Waals surface area contributed by atoms with Crippen molar-refractivity contribution in [1.29, 1.82) is 0 Å². The van der Waals surface area contributed by atoms with Crippen molar-refractivity contribution in [3.63, 3.8) is 0 Å². The molecule has 0 aliphatic rings. The van der Waals surface area contributed by atoms with Crippen molar-refractivity contribution in [3.8, 4) is 11.3 Å². The van der Waals surface area contributed by atoms with E-state index in [1.807, 2.05) is 19.1 Å². The van der Waals surface area contributed by atoms with Crippen molar-refractivity contribution < 1.29 is 18.0 Å². The van der Waals surface area contributed by atoms with E-state index >= 15 is 0 Å². The molecule has 1 heterocycles. The molecule has 2 aromatic carbocycles. The van der Waals surface area contributed by atoms with Crippen molar-refractivity contribution in [3.05, 3.63) is 77.3 Å². The summed E-state index contributed by atoms with van der Waals surface area (Å²) in [6.45, 7) is 4.03. The Balaban J connectivity index is 1.55. The van der Waals surface area contributed by atoms with Gasteiger partial charge in [0.1, 0.15) is 11.6 Å². The van der Waals surface area contributed by atoms with Gasteiger partial charge in [0.05, 0.1) is 17.8 Å². The summed E-state index contributed by atoms with van der Waals surface area (Å²) in [5.41, 5.74) is 2.42. The zero-order valence-corrected chi connectivity index (χ0v) is 15.8. The first-order valence-electron chi connectivity index (χ1n) is 9.24. The van der Waals surface area contributed by atoms with Crippen molar-refractivity contribution in [2.75, 3.05) is 0 Å². The molecule has 1 unspecified atom stereocenters. The second-order valence-corrected chi connectivity index (χ2v) is 6.63. The SMILES string of the molecule is CCc1ccc(C(C)NC(=O)CCc2ncc(-c3ccc(F)cc3F)o2)cc1. The number of nitrogens with zero attached hydrogens (tertiary/aromatic N) is 1. The maximum absolute atomic E-state index is 13.8. The molecule has 146 valence electrons. The third kappa shape index (κ3) is 4.82. The first-order chi connectivity index (χ1) is 13.5. The molecular weight excluding hydrogens is 362 g/mol. The second kappa shape index (κ2) is 8.78. The summed E-state index contributed by atoms with van der Waals surface area (Å²) in [4.78, 5) is 16.3. The van der Waals surface area contributed by atoms with Gasteiger partial charge in [-0.3, -0.25) is 4.79 Å². The summed E-state index contributed by atoms with van der Waals surface area (Å²) >= 11 is 0. The molecule has 3 aromatic rings. The van der Waals surface area contributed by atoms with E-state index < -0.39 is 11.6 Å². The smallest absolute Gasteiger partial charge is 0.220 e. The number of carbonyl (C=O) groups is 1. The molecule has 1 atom stereocenters. The lowest BCUT2D eigenvalue weighted by molar-refractivity contribution is -0.121. The van der Waals surface area contributed by atoms with Gasteiger partial charge in [0, 0.05) is 18.9 Å². The molecule has 1 aromatic heterocycles. The fourth-order valence-electron chi connectivity index (χ4n) is 2.90. The van der Waals surface area contributed by atoms with Gasteiger partial charge < -0.3 is 9.73 Å². The van der Waals surface area contributed by atoms with Crippen LogP contribution in [0.25, 0.3) is 11.3 Å². The third-order valence-electron chi connectivity index (χ3n) is 4.58. The van der Waals surface area contributed by atoms with Gasteiger partial charge in [0.15, 0.2) is 11.7 Å². The second-order valence-electron chi connectivity index (χ2n) is 6.63. The van der Waals surface area contributed by atoms with Crippen LogP contribution in [0.4, 0.5) is 8.78 Å². The molecule has 0 aliphatic heterocycles. The number of aromatic nitrogens is 1. The number of oxazole rings is 1. The van der Waals surface area contributed by atoms with Gasteiger partial charge in [-0.2, -0.15) is 0 Å². The van der Waals surface area contributed by atoms with Crippen LogP contribution in [0.5, 0.6) is 0 Å². The maximum atomic E-state index is 13.8. The molecule has 0 spiro atoms. The number of halogens is 2. The van der Waals surface area contributed by atoms with Crippen LogP contribution in [-0.2, 0) is 17.6 Å². The average molecular weight is 384 g/mol. The molecule has 0 fully saturated rings. The Morgan fingerprint density at radius 3 is 2.61 bits per heavy atom. The van der Waals surface area contributed by atoms with E-state index in [0.29, 0.717) is 5.89 Å². The van der Waals surface area contributed by atoms with Crippen LogP contribution in [0, 0.1) is 11.6 Å². The molecule has 3 rings (SSSR count). The van der Waals surface area contributed by atoms with Crippen molar-refractivity contribution in [2.24, 2.45) is 0 Å². The molecule has 28 heavy (non-hydrogen) atoms. The zero-order chi connectivity index (χ0) is 20.1. The number of aryl methyl sites for hydroxylation is 2. The first-order valence-corrected chi connectivity index (χ1v) is 9.24. The summed E-state index contributed by atoms with van der Waals surface area (Å²) < 4.78 is 32.3. The predicted molar refractivity (Wildman–Crippen MR) is 103 cm³/mol. The standard InChI is InChI=1S/C22H22F2N2O2/c1-3-15-4-6-16(7-5-15)14(2)26-21(27)10-11-22-25-13-20(28-22)18-9-8-17(23)12-19(18)24/h4-9,12-14H,3,10-11H2,1-2H3,(H,26,27). The number of benzene rings is 2. The van der Waals surface area contributed by atoms with Crippen molar-refractivity contribution >= 4 is 5.91 Å². The normalized spacial score (nSPS) is 12.0. The van der Waals surface area contributed by atoms with E-state index in [1.165, 1.54) is 17.8 Å². The Bertz CT molecular complexity index is 951. The lowest BCUT2D eigenvalue weighted by Crippen LogP contribution is -2.26. The van der Waals surface area contributed by atoms with Crippen LogP contribution in [0.15, 0.2) is 53.1 Å². The lowest BCUT2D eigenvalue weighted by atomic mass is 10.0. The molecule has 0 saturated carbocycles. The number of rotatable bonds is 7. The number of amides is 1. The highest BCUT2D eigenvalue weighted by Gasteiger charge is 2.14. The topological polar surface area (TPSA) is 55.1 Å². The van der Waals surface area contributed by atoms with Crippen LogP contribution in [0.2, 0.25) is 0 Å². The van der Waals surface area contributed by atoms with E-state index in [2.05, 4.69) is 29.4 Å². The summed E-state index contributed by atoms with van der Waals surface area (Å²) in [5.74, 6) is -0.967. The van der Waals surface area contributed by atoms with Gasteiger partial charge in [-0.15, -0.1) is 0 Å². The molecule has 4 nitrogen and oxygen atoms in total. The molecule has 0 radical (unpaired) electrons. The Hall–Kier alpha value is -3.02. The molecule has 6 heteroatoms. The molecule has 0 bridgehead atoms. The van der Waals surface area contributed by atoms with E-state index in [4.69, 9.17) is 4.42 Å². The van der Waals surface area contributed by atoms with E-state index in [-0.39, 0.29) is 36.1 Å². The minimum Gasteiger partial charge on any atom is -0.441 e.